The smallest absolute Gasteiger partial charge is 0.289 e. The number of amides is 2. The Morgan fingerprint density at radius 1 is 0.950 bits per heavy atom. The van der Waals surface area contributed by atoms with E-state index in [2.05, 4.69) is 0 Å². The van der Waals surface area contributed by atoms with Gasteiger partial charge in [0.15, 0.2) is 11.5 Å². The number of ether oxygens (including phenoxy) is 2. The molecule has 0 saturated carbocycles. The number of imide groups is 1. The lowest BCUT2D eigenvalue weighted by Crippen LogP contribution is -2.29. The predicted octanol–water partition coefficient (Wildman–Crippen LogP) is 2.03. The standard InChI is InChI=1S/C14H17NO5/c1-4-18-10-8-7-9-11(12(10)19-5-2)14(17)15(13(9)16)20-6-3/h7-8H,4-6H2,1-3H3. The molecule has 0 saturated heterocycles. The van der Waals surface area contributed by atoms with E-state index in [-0.39, 0.29) is 17.7 Å². The van der Waals surface area contributed by atoms with Crippen LogP contribution in [0.25, 0.3) is 0 Å². The molecule has 0 bridgehead atoms. The van der Waals surface area contributed by atoms with Gasteiger partial charge in [-0.3, -0.25) is 14.4 Å². The molecule has 20 heavy (non-hydrogen) atoms. The molecule has 1 heterocycles. The SMILES string of the molecule is CCOc1ccc2c(c1OCC)C(=O)N(OCC)C2=O. The van der Waals surface area contributed by atoms with Gasteiger partial charge in [0, 0.05) is 0 Å². The molecule has 1 aromatic rings. The molecule has 2 amide bonds. The monoisotopic (exact) mass is 279 g/mol. The van der Waals surface area contributed by atoms with Gasteiger partial charge in [0.2, 0.25) is 0 Å². The van der Waals surface area contributed by atoms with Crippen molar-refractivity contribution in [3.8, 4) is 11.5 Å². The molecule has 108 valence electrons. The molecule has 2 rings (SSSR count). The highest BCUT2D eigenvalue weighted by Gasteiger charge is 2.40. The minimum atomic E-state index is -0.517. The first kappa shape index (κ1) is 14.3. The van der Waals surface area contributed by atoms with E-state index in [0.29, 0.717) is 24.7 Å². The highest BCUT2D eigenvalue weighted by molar-refractivity contribution is 6.22. The van der Waals surface area contributed by atoms with Gasteiger partial charge >= 0.3 is 0 Å². The lowest BCUT2D eigenvalue weighted by atomic mass is 10.1. The first-order chi connectivity index (χ1) is 9.65. The van der Waals surface area contributed by atoms with Gasteiger partial charge in [0.05, 0.1) is 25.4 Å². The minimum Gasteiger partial charge on any atom is -0.490 e. The largest absolute Gasteiger partial charge is 0.490 e. The normalized spacial score (nSPS) is 13.7. The van der Waals surface area contributed by atoms with Crippen LogP contribution < -0.4 is 9.47 Å². The van der Waals surface area contributed by atoms with Crippen molar-refractivity contribution >= 4 is 11.8 Å². The molecule has 0 unspecified atom stereocenters. The fraction of sp³-hybridized carbons (Fsp3) is 0.429. The average Bonchev–Trinajstić information content (AvgIpc) is 2.67. The molecule has 0 radical (unpaired) electrons. The summed E-state index contributed by atoms with van der Waals surface area (Å²) in [4.78, 5) is 29.5. The average molecular weight is 279 g/mol. The van der Waals surface area contributed by atoms with Crippen molar-refractivity contribution in [2.75, 3.05) is 19.8 Å². The molecule has 6 nitrogen and oxygen atoms in total. The van der Waals surface area contributed by atoms with E-state index in [1.807, 2.05) is 6.92 Å². The number of hydroxylamine groups is 2. The van der Waals surface area contributed by atoms with Gasteiger partial charge in [-0.25, -0.2) is 0 Å². The highest BCUT2D eigenvalue weighted by Crippen LogP contribution is 2.38. The van der Waals surface area contributed by atoms with Crippen LogP contribution in [0.5, 0.6) is 11.5 Å². The molecule has 0 atom stereocenters. The van der Waals surface area contributed by atoms with Crippen molar-refractivity contribution in [2.24, 2.45) is 0 Å². The number of fused-ring (bicyclic) bond motifs is 1. The fourth-order valence-corrected chi connectivity index (χ4v) is 2.06. The Balaban J connectivity index is 2.52. The number of hydrogen-bond donors (Lipinski definition) is 0. The zero-order valence-corrected chi connectivity index (χ0v) is 11.8. The quantitative estimate of drug-likeness (QED) is 0.745. The second-order valence-corrected chi connectivity index (χ2v) is 4.00. The molecule has 1 aromatic carbocycles. The van der Waals surface area contributed by atoms with Crippen molar-refractivity contribution in [1.29, 1.82) is 0 Å². The lowest BCUT2D eigenvalue weighted by Gasteiger charge is -2.13. The zero-order valence-electron chi connectivity index (χ0n) is 11.8. The van der Waals surface area contributed by atoms with Gasteiger partial charge in [-0.1, -0.05) is 0 Å². The summed E-state index contributed by atoms with van der Waals surface area (Å²) in [6.45, 7) is 6.38. The first-order valence-electron chi connectivity index (χ1n) is 6.59. The molecule has 0 fully saturated rings. The second-order valence-electron chi connectivity index (χ2n) is 4.00. The number of nitrogens with zero attached hydrogens (tertiary/aromatic N) is 1. The van der Waals surface area contributed by atoms with Crippen molar-refractivity contribution in [3.05, 3.63) is 23.3 Å². The zero-order chi connectivity index (χ0) is 14.7. The topological polar surface area (TPSA) is 65.1 Å². The van der Waals surface area contributed by atoms with Crippen molar-refractivity contribution in [3.63, 3.8) is 0 Å². The van der Waals surface area contributed by atoms with Crippen molar-refractivity contribution in [2.45, 2.75) is 20.8 Å². The van der Waals surface area contributed by atoms with Crippen LogP contribution in [0.3, 0.4) is 0 Å². The summed E-state index contributed by atoms with van der Waals surface area (Å²) in [5.41, 5.74) is 0.478. The Hall–Kier alpha value is -2.08. The van der Waals surface area contributed by atoms with E-state index in [0.717, 1.165) is 5.06 Å². The van der Waals surface area contributed by atoms with Crippen LogP contribution in [0.1, 0.15) is 41.5 Å². The van der Waals surface area contributed by atoms with E-state index in [1.54, 1.807) is 26.0 Å². The fourth-order valence-electron chi connectivity index (χ4n) is 2.06. The minimum absolute atomic E-state index is 0.205. The number of carbonyl (C=O) groups is 2. The lowest BCUT2D eigenvalue weighted by molar-refractivity contribution is -0.0864. The summed E-state index contributed by atoms with van der Waals surface area (Å²) in [5.74, 6) is -0.243. The number of hydrogen-bond acceptors (Lipinski definition) is 5. The van der Waals surface area contributed by atoms with Gasteiger partial charge in [0.1, 0.15) is 5.56 Å². The third-order valence-corrected chi connectivity index (χ3v) is 2.78. The van der Waals surface area contributed by atoms with Crippen molar-refractivity contribution < 1.29 is 23.9 Å². The Morgan fingerprint density at radius 3 is 2.25 bits per heavy atom. The molecule has 1 aliphatic rings. The van der Waals surface area contributed by atoms with E-state index in [1.165, 1.54) is 0 Å². The Kier molecular flexibility index (Phi) is 4.24. The van der Waals surface area contributed by atoms with E-state index >= 15 is 0 Å². The molecule has 0 aromatic heterocycles. The third-order valence-electron chi connectivity index (χ3n) is 2.78. The summed E-state index contributed by atoms with van der Waals surface area (Å²) in [5, 5.41) is 0.767. The summed E-state index contributed by atoms with van der Waals surface area (Å²) < 4.78 is 10.9. The van der Waals surface area contributed by atoms with Gasteiger partial charge in [0.25, 0.3) is 11.8 Å². The van der Waals surface area contributed by atoms with Gasteiger partial charge in [-0.05, 0) is 32.9 Å². The van der Waals surface area contributed by atoms with Crippen LogP contribution in [0, 0.1) is 0 Å². The maximum Gasteiger partial charge on any atom is 0.289 e. The van der Waals surface area contributed by atoms with Crippen LogP contribution in [0.4, 0.5) is 0 Å². The second kappa shape index (κ2) is 5.92. The Morgan fingerprint density at radius 2 is 1.65 bits per heavy atom. The number of carbonyl (C=O) groups excluding carboxylic acids is 2. The van der Waals surface area contributed by atoms with Crippen LogP contribution in [0.15, 0.2) is 12.1 Å². The molecular weight excluding hydrogens is 262 g/mol. The highest BCUT2D eigenvalue weighted by atomic mass is 16.7. The van der Waals surface area contributed by atoms with Crippen LogP contribution in [0.2, 0.25) is 0 Å². The van der Waals surface area contributed by atoms with Gasteiger partial charge in [-0.2, -0.15) is 0 Å². The van der Waals surface area contributed by atoms with Crippen LogP contribution in [-0.2, 0) is 4.84 Å². The molecule has 1 aliphatic heterocycles. The summed E-state index contributed by atoms with van der Waals surface area (Å²) in [6.07, 6.45) is 0. The van der Waals surface area contributed by atoms with Gasteiger partial charge in [-0.15, -0.1) is 5.06 Å². The summed E-state index contributed by atoms with van der Waals surface area (Å²) >= 11 is 0. The van der Waals surface area contributed by atoms with E-state index < -0.39 is 11.8 Å². The first-order valence-corrected chi connectivity index (χ1v) is 6.59. The van der Waals surface area contributed by atoms with Gasteiger partial charge < -0.3 is 9.47 Å². The third kappa shape index (κ3) is 2.22. The number of benzene rings is 1. The molecule has 0 N–H and O–H groups in total. The molecule has 0 aliphatic carbocycles. The molecule has 0 spiro atoms. The Bertz CT molecular complexity index is 541. The summed E-state index contributed by atoms with van der Waals surface area (Å²) in [6, 6.07) is 3.19. The predicted molar refractivity (Wildman–Crippen MR) is 70.9 cm³/mol. The maximum absolute atomic E-state index is 12.3. The number of rotatable bonds is 6. The maximum atomic E-state index is 12.3. The molecule has 6 heteroatoms. The molecular formula is C14H17NO5. The van der Waals surface area contributed by atoms with E-state index in [9.17, 15) is 9.59 Å². The van der Waals surface area contributed by atoms with Crippen LogP contribution >= 0.6 is 0 Å². The summed E-state index contributed by atoms with van der Waals surface area (Å²) in [7, 11) is 0. The van der Waals surface area contributed by atoms with E-state index in [4.69, 9.17) is 14.3 Å². The van der Waals surface area contributed by atoms with Crippen molar-refractivity contribution in [1.82, 2.24) is 5.06 Å². The Labute approximate surface area is 117 Å². The van der Waals surface area contributed by atoms with Crippen LogP contribution in [-0.4, -0.2) is 36.7 Å².